The molecule has 4 heteroatoms. The van der Waals surface area contributed by atoms with Gasteiger partial charge in [0.05, 0.1) is 17.0 Å². The Labute approximate surface area is 124 Å². The lowest BCUT2D eigenvalue weighted by atomic mass is 9.69. The molecule has 1 aromatic heterocycles. The lowest BCUT2D eigenvalue weighted by molar-refractivity contribution is 0.301. The van der Waals surface area contributed by atoms with Gasteiger partial charge in [0.2, 0.25) is 0 Å². The predicted molar refractivity (Wildman–Crippen MR) is 82.4 cm³/mol. The highest BCUT2D eigenvalue weighted by atomic mass is 35.5. The Kier molecular flexibility index (Phi) is 3.81. The van der Waals surface area contributed by atoms with Gasteiger partial charge in [-0.3, -0.25) is 0 Å². The molecule has 0 aliphatic heterocycles. The van der Waals surface area contributed by atoms with E-state index in [1.165, 1.54) is 37.7 Å². The average molecular weight is 290 g/mol. The molecule has 1 saturated carbocycles. The van der Waals surface area contributed by atoms with Gasteiger partial charge in [0.15, 0.2) is 0 Å². The molecular formula is C16H20ClN3. The molecule has 0 unspecified atom stereocenters. The van der Waals surface area contributed by atoms with Crippen molar-refractivity contribution in [1.82, 2.24) is 9.55 Å². The molecule has 0 amide bonds. The first kappa shape index (κ1) is 13.7. The maximum atomic E-state index is 6.47. The van der Waals surface area contributed by atoms with Crippen molar-refractivity contribution in [2.45, 2.75) is 37.5 Å². The second kappa shape index (κ2) is 5.58. The first-order valence-electron chi connectivity index (χ1n) is 7.24. The van der Waals surface area contributed by atoms with Gasteiger partial charge in [-0.25, -0.2) is 4.98 Å². The minimum Gasteiger partial charge on any atom is -0.330 e. The summed E-state index contributed by atoms with van der Waals surface area (Å²) in [4.78, 5) is 4.07. The Morgan fingerprint density at radius 2 is 2.05 bits per heavy atom. The van der Waals surface area contributed by atoms with E-state index in [4.69, 9.17) is 17.3 Å². The van der Waals surface area contributed by atoms with Gasteiger partial charge in [-0.1, -0.05) is 36.9 Å². The van der Waals surface area contributed by atoms with Crippen LogP contribution in [0.4, 0.5) is 0 Å². The van der Waals surface area contributed by atoms with Crippen molar-refractivity contribution >= 4 is 11.6 Å². The smallest absolute Gasteiger partial charge is 0.0992 e. The second-order valence-electron chi connectivity index (χ2n) is 5.68. The zero-order chi connectivity index (χ0) is 14.0. The van der Waals surface area contributed by atoms with Gasteiger partial charge in [0.1, 0.15) is 0 Å². The minimum absolute atomic E-state index is 0.120. The van der Waals surface area contributed by atoms with Crippen LogP contribution in [-0.4, -0.2) is 16.1 Å². The molecule has 1 aliphatic rings. The molecular weight excluding hydrogens is 270 g/mol. The van der Waals surface area contributed by atoms with Crippen LogP contribution in [0.25, 0.3) is 5.69 Å². The summed E-state index contributed by atoms with van der Waals surface area (Å²) >= 11 is 6.47. The fraction of sp³-hybridized carbons (Fsp3) is 0.438. The average Bonchev–Trinajstić information content (AvgIpc) is 3.02. The van der Waals surface area contributed by atoms with Crippen molar-refractivity contribution in [2.24, 2.45) is 5.73 Å². The van der Waals surface area contributed by atoms with Crippen LogP contribution in [0.15, 0.2) is 36.9 Å². The van der Waals surface area contributed by atoms with Crippen molar-refractivity contribution in [3.8, 4) is 5.69 Å². The highest BCUT2D eigenvalue weighted by Gasteiger charge is 2.32. The van der Waals surface area contributed by atoms with Crippen LogP contribution in [0.2, 0.25) is 5.02 Å². The van der Waals surface area contributed by atoms with E-state index >= 15 is 0 Å². The number of hydrogen-bond donors (Lipinski definition) is 1. The topological polar surface area (TPSA) is 43.8 Å². The van der Waals surface area contributed by atoms with E-state index in [0.717, 1.165) is 10.7 Å². The van der Waals surface area contributed by atoms with E-state index in [1.807, 2.05) is 10.8 Å². The zero-order valence-corrected chi connectivity index (χ0v) is 12.3. The highest BCUT2D eigenvalue weighted by molar-refractivity contribution is 6.32. The summed E-state index contributed by atoms with van der Waals surface area (Å²) in [6, 6.07) is 6.35. The van der Waals surface area contributed by atoms with Crippen LogP contribution in [0.1, 0.15) is 37.7 Å². The van der Waals surface area contributed by atoms with Gasteiger partial charge in [-0.15, -0.1) is 0 Å². The summed E-state index contributed by atoms with van der Waals surface area (Å²) in [5.74, 6) is 0. The molecule has 1 aromatic carbocycles. The number of halogens is 1. The summed E-state index contributed by atoms with van der Waals surface area (Å²) in [6.45, 7) is 0.702. The van der Waals surface area contributed by atoms with Crippen LogP contribution in [0.5, 0.6) is 0 Å². The van der Waals surface area contributed by atoms with Crippen LogP contribution < -0.4 is 5.73 Å². The number of benzene rings is 1. The van der Waals surface area contributed by atoms with Crippen LogP contribution in [-0.2, 0) is 5.41 Å². The van der Waals surface area contributed by atoms with Gasteiger partial charge >= 0.3 is 0 Å². The molecule has 2 N–H and O–H groups in total. The molecule has 20 heavy (non-hydrogen) atoms. The van der Waals surface area contributed by atoms with E-state index < -0.39 is 0 Å². The van der Waals surface area contributed by atoms with Gasteiger partial charge in [0.25, 0.3) is 0 Å². The lowest BCUT2D eigenvalue weighted by Crippen LogP contribution is -2.37. The minimum atomic E-state index is 0.120. The fourth-order valence-corrected chi connectivity index (χ4v) is 3.57. The fourth-order valence-electron chi connectivity index (χ4n) is 3.29. The molecule has 3 rings (SSSR count). The lowest BCUT2D eigenvalue weighted by Gasteiger charge is -2.37. The Morgan fingerprint density at radius 1 is 1.25 bits per heavy atom. The number of nitrogens with two attached hydrogens (primary N) is 1. The quantitative estimate of drug-likeness (QED) is 0.936. The van der Waals surface area contributed by atoms with E-state index in [0.29, 0.717) is 6.54 Å². The highest BCUT2D eigenvalue weighted by Crippen LogP contribution is 2.40. The molecule has 0 saturated heterocycles. The molecule has 3 nitrogen and oxygen atoms in total. The maximum Gasteiger partial charge on any atom is 0.0992 e. The van der Waals surface area contributed by atoms with E-state index in [-0.39, 0.29) is 5.41 Å². The van der Waals surface area contributed by atoms with Crippen molar-refractivity contribution in [3.63, 3.8) is 0 Å². The first-order chi connectivity index (χ1) is 9.75. The van der Waals surface area contributed by atoms with E-state index in [9.17, 15) is 0 Å². The molecule has 0 atom stereocenters. The number of nitrogens with zero attached hydrogens (tertiary/aromatic N) is 2. The van der Waals surface area contributed by atoms with Crippen LogP contribution in [0.3, 0.4) is 0 Å². The standard InChI is InChI=1S/C16H20ClN3/c17-14-10-13(16(11-18)6-2-1-3-7-16)4-5-15(14)20-9-8-19-12-20/h4-5,8-10,12H,1-3,6-7,11,18H2. The Bertz CT molecular complexity index is 571. The Balaban J connectivity index is 1.97. The summed E-state index contributed by atoms with van der Waals surface area (Å²) in [5, 5.41) is 0.763. The van der Waals surface area contributed by atoms with Gasteiger partial charge < -0.3 is 10.3 Å². The summed E-state index contributed by atoms with van der Waals surface area (Å²) < 4.78 is 1.93. The maximum absolute atomic E-state index is 6.47. The number of hydrogen-bond acceptors (Lipinski definition) is 2. The summed E-state index contributed by atoms with van der Waals surface area (Å²) in [7, 11) is 0. The van der Waals surface area contributed by atoms with Crippen LogP contribution >= 0.6 is 11.6 Å². The third kappa shape index (κ3) is 2.36. The predicted octanol–water partition coefficient (Wildman–Crippen LogP) is 3.69. The van der Waals surface area contributed by atoms with Crippen molar-refractivity contribution in [1.29, 1.82) is 0 Å². The largest absolute Gasteiger partial charge is 0.330 e. The van der Waals surface area contributed by atoms with Crippen molar-refractivity contribution in [3.05, 3.63) is 47.5 Å². The Morgan fingerprint density at radius 3 is 2.65 bits per heavy atom. The third-order valence-electron chi connectivity index (χ3n) is 4.54. The van der Waals surface area contributed by atoms with Crippen molar-refractivity contribution in [2.75, 3.05) is 6.54 Å². The van der Waals surface area contributed by atoms with Gasteiger partial charge in [-0.2, -0.15) is 0 Å². The van der Waals surface area contributed by atoms with Crippen LogP contribution in [0, 0.1) is 0 Å². The molecule has 1 heterocycles. The van der Waals surface area contributed by atoms with Gasteiger partial charge in [0, 0.05) is 24.4 Å². The monoisotopic (exact) mass is 289 g/mol. The second-order valence-corrected chi connectivity index (χ2v) is 6.09. The molecule has 0 spiro atoms. The Hall–Kier alpha value is -1.32. The third-order valence-corrected chi connectivity index (χ3v) is 4.85. The zero-order valence-electron chi connectivity index (χ0n) is 11.6. The molecule has 0 bridgehead atoms. The number of imidazole rings is 1. The molecule has 0 radical (unpaired) electrons. The summed E-state index contributed by atoms with van der Waals surface area (Å²) in [6.07, 6.45) is 11.6. The van der Waals surface area contributed by atoms with Gasteiger partial charge in [-0.05, 0) is 30.5 Å². The number of aromatic nitrogens is 2. The molecule has 2 aromatic rings. The molecule has 1 aliphatic carbocycles. The molecule has 1 fully saturated rings. The van der Waals surface area contributed by atoms with Crippen molar-refractivity contribution < 1.29 is 0 Å². The number of rotatable bonds is 3. The van der Waals surface area contributed by atoms with E-state index in [2.05, 4.69) is 23.2 Å². The SMILES string of the molecule is NCC1(c2ccc(-n3ccnc3)c(Cl)c2)CCCCC1. The summed E-state index contributed by atoms with van der Waals surface area (Å²) in [5.41, 5.74) is 8.47. The normalized spacial score (nSPS) is 18.1. The van der Waals surface area contributed by atoms with E-state index in [1.54, 1.807) is 12.5 Å². The molecule has 106 valence electrons. The first-order valence-corrected chi connectivity index (χ1v) is 7.61.